The van der Waals surface area contributed by atoms with E-state index in [1.54, 1.807) is 67.0 Å². The minimum Gasteiger partial charge on any atom is -0.334 e. The Hall–Kier alpha value is -3.61. The van der Waals surface area contributed by atoms with Gasteiger partial charge >= 0.3 is 6.03 Å². The molecule has 0 spiro atoms. The highest BCUT2D eigenvalue weighted by molar-refractivity contribution is 7.91. The molecular formula is C26H26FN5O4S2. The Kier molecular flexibility index (Phi) is 7.28. The number of nitrogens with one attached hydrogen (secondary N) is 2. The highest BCUT2D eigenvalue weighted by atomic mass is 32.2. The number of hydrogen-bond acceptors (Lipinski definition) is 6. The number of fused-ring (bicyclic) bond motifs is 1. The third-order valence-electron chi connectivity index (χ3n) is 6.55. The van der Waals surface area contributed by atoms with Crippen LogP contribution in [0, 0.1) is 5.82 Å². The van der Waals surface area contributed by atoms with Gasteiger partial charge in [0, 0.05) is 37.3 Å². The van der Waals surface area contributed by atoms with Gasteiger partial charge in [-0.15, -0.1) is 11.3 Å². The number of halogens is 1. The number of sulfonamides is 1. The van der Waals surface area contributed by atoms with E-state index in [1.807, 2.05) is 0 Å². The quantitative estimate of drug-likeness (QED) is 0.504. The van der Waals surface area contributed by atoms with Crippen LogP contribution in [0.25, 0.3) is 0 Å². The van der Waals surface area contributed by atoms with Gasteiger partial charge in [0.1, 0.15) is 10.0 Å². The van der Waals surface area contributed by atoms with E-state index in [4.69, 9.17) is 0 Å². The van der Waals surface area contributed by atoms with E-state index < -0.39 is 40.0 Å². The molecule has 3 heterocycles. The van der Waals surface area contributed by atoms with Crippen molar-refractivity contribution in [1.29, 1.82) is 0 Å². The van der Waals surface area contributed by atoms with Crippen LogP contribution in [-0.4, -0.2) is 62.7 Å². The van der Waals surface area contributed by atoms with E-state index in [2.05, 4.69) is 15.6 Å². The molecule has 3 amide bonds. The smallest absolute Gasteiger partial charge is 0.317 e. The van der Waals surface area contributed by atoms with E-state index in [1.165, 1.54) is 15.3 Å². The van der Waals surface area contributed by atoms with Crippen LogP contribution in [0.2, 0.25) is 0 Å². The first-order chi connectivity index (χ1) is 18.3. The number of likely N-dealkylation sites (N-methyl/N-ethyl adjacent to an activating group) is 1. The Labute approximate surface area is 224 Å². The van der Waals surface area contributed by atoms with Crippen molar-refractivity contribution in [2.24, 2.45) is 4.99 Å². The van der Waals surface area contributed by atoms with E-state index in [9.17, 15) is 22.4 Å². The summed E-state index contributed by atoms with van der Waals surface area (Å²) in [5.74, 6) is -1.00. The maximum Gasteiger partial charge on any atom is 0.317 e. The average molecular weight is 556 g/mol. The van der Waals surface area contributed by atoms with E-state index in [-0.39, 0.29) is 22.0 Å². The van der Waals surface area contributed by atoms with Crippen molar-refractivity contribution < 1.29 is 22.4 Å². The number of amides is 3. The monoisotopic (exact) mass is 555 g/mol. The van der Waals surface area contributed by atoms with Gasteiger partial charge in [-0.3, -0.25) is 4.79 Å². The van der Waals surface area contributed by atoms with Crippen molar-refractivity contribution in [3.05, 3.63) is 83.0 Å². The molecule has 0 bridgehead atoms. The molecule has 2 aromatic carbocycles. The molecule has 0 radical (unpaired) electrons. The van der Waals surface area contributed by atoms with Crippen LogP contribution >= 0.6 is 11.3 Å². The lowest BCUT2D eigenvalue weighted by molar-refractivity contribution is -0.119. The molecule has 1 fully saturated rings. The molecule has 38 heavy (non-hydrogen) atoms. The Bertz CT molecular complexity index is 1490. The summed E-state index contributed by atoms with van der Waals surface area (Å²) in [6.07, 6.45) is -0.167. The molecule has 9 nitrogen and oxygen atoms in total. The number of aliphatic imine (C=N–C) groups is 1. The van der Waals surface area contributed by atoms with Crippen molar-refractivity contribution in [2.75, 3.05) is 25.0 Å². The standard InChI is InChI=1S/C26H26FN5O4S2/c1-31-21-12-5-3-10-19(21)23(18-9-2-4-11-20(18)27)29-24(25(31)33)30-26(34)28-17-8-6-14-32(16-17)38(35,36)22-13-7-15-37-22/h2-5,7,9-13,15,17,24H,6,8,14,16H2,1H3,(H2,28,30,34). The zero-order valence-corrected chi connectivity index (χ0v) is 22.1. The number of thiophene rings is 1. The summed E-state index contributed by atoms with van der Waals surface area (Å²) in [4.78, 5) is 32.2. The van der Waals surface area contributed by atoms with Gasteiger partial charge in [-0.25, -0.2) is 22.6 Å². The average Bonchev–Trinajstić information content (AvgIpc) is 3.44. The highest BCUT2D eigenvalue weighted by Crippen LogP contribution is 2.28. The SMILES string of the molecule is CN1C(=O)C(NC(=O)NC2CCCN(S(=O)(=O)c3cccs3)C2)N=C(c2ccccc2F)c2ccccc21. The summed E-state index contributed by atoms with van der Waals surface area (Å²) in [5.41, 5.74) is 1.54. The van der Waals surface area contributed by atoms with Gasteiger partial charge in [-0.05, 0) is 42.5 Å². The van der Waals surface area contributed by atoms with Crippen LogP contribution in [0.4, 0.5) is 14.9 Å². The molecule has 2 unspecified atom stereocenters. The number of piperidine rings is 1. The molecule has 2 aliphatic rings. The lowest BCUT2D eigenvalue weighted by Gasteiger charge is -2.32. The molecule has 1 aromatic heterocycles. The minimum atomic E-state index is -3.65. The fourth-order valence-electron chi connectivity index (χ4n) is 4.65. The zero-order chi connectivity index (χ0) is 26.9. The number of rotatable bonds is 5. The number of para-hydroxylation sites is 1. The highest BCUT2D eigenvalue weighted by Gasteiger charge is 2.34. The summed E-state index contributed by atoms with van der Waals surface area (Å²) in [6.45, 7) is 0.474. The Morgan fingerprint density at radius 2 is 1.79 bits per heavy atom. The van der Waals surface area contributed by atoms with E-state index >= 15 is 0 Å². The molecule has 2 atom stereocenters. The molecule has 1 saturated heterocycles. The van der Waals surface area contributed by atoms with Gasteiger partial charge in [0.2, 0.25) is 6.17 Å². The van der Waals surface area contributed by atoms with Gasteiger partial charge in [0.15, 0.2) is 0 Å². The third-order valence-corrected chi connectivity index (χ3v) is 9.79. The molecular weight excluding hydrogens is 529 g/mol. The van der Waals surface area contributed by atoms with Crippen molar-refractivity contribution in [1.82, 2.24) is 14.9 Å². The number of carbonyl (C=O) groups is 2. The maximum atomic E-state index is 14.8. The van der Waals surface area contributed by atoms with Crippen molar-refractivity contribution >= 4 is 44.7 Å². The first kappa shape index (κ1) is 26.0. The Morgan fingerprint density at radius 1 is 1.05 bits per heavy atom. The second-order valence-corrected chi connectivity index (χ2v) is 12.1. The summed E-state index contributed by atoms with van der Waals surface area (Å²) in [5, 5.41) is 7.10. The van der Waals surface area contributed by atoms with Crippen LogP contribution in [0.3, 0.4) is 0 Å². The molecule has 12 heteroatoms. The molecule has 0 aliphatic carbocycles. The van der Waals surface area contributed by atoms with Crippen molar-refractivity contribution in [3.63, 3.8) is 0 Å². The molecule has 2 N–H and O–H groups in total. The van der Waals surface area contributed by atoms with Crippen molar-refractivity contribution in [2.45, 2.75) is 29.3 Å². The van der Waals surface area contributed by atoms with Gasteiger partial charge in [0.25, 0.3) is 15.9 Å². The second kappa shape index (κ2) is 10.6. The van der Waals surface area contributed by atoms with Crippen LogP contribution in [0.15, 0.2) is 75.2 Å². The lowest BCUT2D eigenvalue weighted by Crippen LogP contribution is -2.55. The molecule has 2 aliphatic heterocycles. The number of urea groups is 1. The Morgan fingerprint density at radius 3 is 2.53 bits per heavy atom. The third kappa shape index (κ3) is 5.06. The maximum absolute atomic E-state index is 14.8. The lowest BCUT2D eigenvalue weighted by atomic mass is 10.00. The topological polar surface area (TPSA) is 111 Å². The first-order valence-electron chi connectivity index (χ1n) is 12.1. The normalized spacial score (nSPS) is 20.3. The van der Waals surface area contributed by atoms with Crippen molar-refractivity contribution in [3.8, 4) is 0 Å². The molecule has 198 valence electrons. The van der Waals surface area contributed by atoms with Crippen LogP contribution in [0.5, 0.6) is 0 Å². The fourth-order valence-corrected chi connectivity index (χ4v) is 7.32. The van der Waals surface area contributed by atoms with E-state index in [0.29, 0.717) is 30.6 Å². The number of hydrogen-bond donors (Lipinski definition) is 2. The number of anilines is 1. The first-order valence-corrected chi connectivity index (χ1v) is 14.4. The predicted octanol–water partition coefficient (Wildman–Crippen LogP) is 3.18. The van der Waals surface area contributed by atoms with Gasteiger partial charge in [-0.2, -0.15) is 4.31 Å². The van der Waals surface area contributed by atoms with Crippen LogP contribution < -0.4 is 15.5 Å². The van der Waals surface area contributed by atoms with E-state index in [0.717, 1.165) is 11.3 Å². The largest absolute Gasteiger partial charge is 0.334 e. The Balaban J connectivity index is 1.37. The second-order valence-electron chi connectivity index (χ2n) is 9.03. The summed E-state index contributed by atoms with van der Waals surface area (Å²) in [6, 6.07) is 15.3. The number of benzodiazepines with no additional fused rings is 1. The number of benzene rings is 2. The van der Waals surface area contributed by atoms with Crippen LogP contribution in [0.1, 0.15) is 24.0 Å². The van der Waals surface area contributed by atoms with Gasteiger partial charge in [-0.1, -0.05) is 36.4 Å². The molecule has 5 rings (SSSR count). The number of carbonyl (C=O) groups excluding carboxylic acids is 2. The summed E-state index contributed by atoms with van der Waals surface area (Å²) < 4.78 is 42.3. The molecule has 3 aromatic rings. The fraction of sp³-hybridized carbons (Fsp3) is 0.269. The summed E-state index contributed by atoms with van der Waals surface area (Å²) >= 11 is 1.15. The number of nitrogens with zero attached hydrogens (tertiary/aromatic N) is 3. The van der Waals surface area contributed by atoms with Crippen LogP contribution in [-0.2, 0) is 14.8 Å². The summed E-state index contributed by atoms with van der Waals surface area (Å²) in [7, 11) is -2.07. The zero-order valence-electron chi connectivity index (χ0n) is 20.5. The molecule has 0 saturated carbocycles. The van der Waals surface area contributed by atoms with Gasteiger partial charge < -0.3 is 15.5 Å². The minimum absolute atomic E-state index is 0.112. The van der Waals surface area contributed by atoms with Gasteiger partial charge in [0.05, 0.1) is 11.4 Å². The predicted molar refractivity (Wildman–Crippen MR) is 143 cm³/mol.